The van der Waals surface area contributed by atoms with Gasteiger partial charge in [-0.05, 0) is 32.4 Å². The van der Waals surface area contributed by atoms with Gasteiger partial charge in [-0.15, -0.1) is 0 Å². The fourth-order valence-corrected chi connectivity index (χ4v) is 2.90. The Morgan fingerprint density at radius 1 is 1.50 bits per heavy atom. The Bertz CT molecular complexity index is 448. The van der Waals surface area contributed by atoms with E-state index in [9.17, 15) is 0 Å². The van der Waals surface area contributed by atoms with Crippen LogP contribution in [0.4, 0.5) is 5.69 Å². The summed E-state index contributed by atoms with van der Waals surface area (Å²) >= 11 is 0. The van der Waals surface area contributed by atoms with E-state index < -0.39 is 0 Å². The van der Waals surface area contributed by atoms with Crippen molar-refractivity contribution in [2.24, 2.45) is 5.73 Å². The molecule has 20 heavy (non-hydrogen) atoms. The molecule has 0 aliphatic carbocycles. The molecule has 1 aromatic carbocycles. The number of nitrogens with two attached hydrogens (primary N) is 1. The molecular weight excluding hydrogens is 252 g/mol. The van der Waals surface area contributed by atoms with Crippen LogP contribution in [0.15, 0.2) is 18.2 Å². The van der Waals surface area contributed by atoms with Crippen LogP contribution in [0.1, 0.15) is 38.8 Å². The number of ether oxygens (including phenoxy) is 2. The first-order valence-corrected chi connectivity index (χ1v) is 7.39. The van der Waals surface area contributed by atoms with Gasteiger partial charge in [0.25, 0.3) is 0 Å². The van der Waals surface area contributed by atoms with Gasteiger partial charge in [0.15, 0.2) is 0 Å². The van der Waals surface area contributed by atoms with Crippen molar-refractivity contribution < 1.29 is 9.47 Å². The number of rotatable bonds is 4. The molecule has 0 spiro atoms. The van der Waals surface area contributed by atoms with Crippen LogP contribution >= 0.6 is 0 Å². The van der Waals surface area contributed by atoms with Crippen LogP contribution in [-0.2, 0) is 4.74 Å². The number of methoxy groups -OCH3 is 1. The van der Waals surface area contributed by atoms with E-state index in [0.717, 1.165) is 30.9 Å². The molecule has 1 saturated heterocycles. The first kappa shape index (κ1) is 15.1. The Hall–Kier alpha value is -1.26. The molecule has 4 nitrogen and oxygen atoms in total. The smallest absolute Gasteiger partial charge is 0.125 e. The largest absolute Gasteiger partial charge is 0.496 e. The minimum absolute atomic E-state index is 0.0585. The Kier molecular flexibility index (Phi) is 4.89. The van der Waals surface area contributed by atoms with Crippen molar-refractivity contribution in [2.45, 2.75) is 45.4 Å². The maximum absolute atomic E-state index is 6.18. The number of benzene rings is 1. The highest BCUT2D eigenvalue weighted by molar-refractivity contribution is 5.61. The molecule has 2 rings (SSSR count). The van der Waals surface area contributed by atoms with Gasteiger partial charge in [-0.2, -0.15) is 0 Å². The number of hydrogen-bond acceptors (Lipinski definition) is 4. The molecule has 1 aliphatic rings. The summed E-state index contributed by atoms with van der Waals surface area (Å²) in [6.45, 7) is 7.98. The number of anilines is 1. The Balaban J connectivity index is 2.44. The predicted octanol–water partition coefficient (Wildman–Crippen LogP) is 2.72. The lowest BCUT2D eigenvalue weighted by atomic mass is 10.0. The average molecular weight is 278 g/mol. The quantitative estimate of drug-likeness (QED) is 0.920. The molecule has 0 saturated carbocycles. The summed E-state index contributed by atoms with van der Waals surface area (Å²) < 4.78 is 11.3. The molecule has 3 atom stereocenters. The zero-order valence-corrected chi connectivity index (χ0v) is 12.9. The summed E-state index contributed by atoms with van der Waals surface area (Å²) in [5, 5.41) is 0. The summed E-state index contributed by atoms with van der Waals surface area (Å²) in [5.74, 6) is 0.867. The van der Waals surface area contributed by atoms with Crippen LogP contribution in [-0.4, -0.2) is 32.4 Å². The molecule has 0 radical (unpaired) electrons. The van der Waals surface area contributed by atoms with Crippen molar-refractivity contribution in [1.29, 1.82) is 0 Å². The van der Waals surface area contributed by atoms with E-state index in [1.54, 1.807) is 7.11 Å². The fourth-order valence-electron chi connectivity index (χ4n) is 2.90. The molecule has 3 unspecified atom stereocenters. The predicted molar refractivity (Wildman–Crippen MR) is 82.4 cm³/mol. The molecule has 1 fully saturated rings. The van der Waals surface area contributed by atoms with Crippen LogP contribution in [0.5, 0.6) is 5.75 Å². The van der Waals surface area contributed by atoms with Gasteiger partial charge in [-0.3, -0.25) is 0 Å². The van der Waals surface area contributed by atoms with Crippen LogP contribution < -0.4 is 15.4 Å². The van der Waals surface area contributed by atoms with E-state index in [4.69, 9.17) is 15.2 Å². The second-order valence-electron chi connectivity index (χ2n) is 5.54. The molecule has 1 aromatic rings. The van der Waals surface area contributed by atoms with Gasteiger partial charge in [0.05, 0.1) is 25.9 Å². The molecular formula is C16H26N2O2. The van der Waals surface area contributed by atoms with Crippen LogP contribution in [0.2, 0.25) is 0 Å². The standard InChI is InChI=1S/C16H26N2O2/c1-5-13-10-20-11(2)9-18(13)14-7-6-8-15(19-4)16(14)12(3)17/h6-8,11-13H,5,9-10,17H2,1-4H3. The third-order valence-corrected chi connectivity index (χ3v) is 3.97. The van der Waals surface area contributed by atoms with Crippen LogP contribution in [0.25, 0.3) is 0 Å². The number of nitrogens with zero attached hydrogens (tertiary/aromatic N) is 1. The fraction of sp³-hybridized carbons (Fsp3) is 0.625. The zero-order valence-electron chi connectivity index (χ0n) is 12.9. The summed E-state index contributed by atoms with van der Waals surface area (Å²) in [7, 11) is 1.70. The topological polar surface area (TPSA) is 47.7 Å². The maximum atomic E-state index is 6.18. The lowest BCUT2D eigenvalue weighted by Gasteiger charge is -2.41. The minimum Gasteiger partial charge on any atom is -0.496 e. The summed E-state index contributed by atoms with van der Waals surface area (Å²) in [5.41, 5.74) is 8.45. The monoisotopic (exact) mass is 278 g/mol. The molecule has 112 valence electrons. The third-order valence-electron chi connectivity index (χ3n) is 3.97. The Morgan fingerprint density at radius 3 is 2.85 bits per heavy atom. The van der Waals surface area contributed by atoms with Gasteiger partial charge in [-0.25, -0.2) is 0 Å². The van der Waals surface area contributed by atoms with E-state index in [2.05, 4.69) is 24.8 Å². The molecule has 0 amide bonds. The lowest BCUT2D eigenvalue weighted by Crippen LogP contribution is -2.49. The molecule has 1 heterocycles. The Morgan fingerprint density at radius 2 is 2.25 bits per heavy atom. The van der Waals surface area contributed by atoms with Crippen LogP contribution in [0.3, 0.4) is 0 Å². The normalized spacial score (nSPS) is 24.6. The van der Waals surface area contributed by atoms with Gasteiger partial charge >= 0.3 is 0 Å². The minimum atomic E-state index is -0.0585. The second kappa shape index (κ2) is 6.46. The second-order valence-corrected chi connectivity index (χ2v) is 5.54. The average Bonchev–Trinajstić information content (AvgIpc) is 2.46. The Labute approximate surface area is 121 Å². The van der Waals surface area contributed by atoms with Crippen molar-refractivity contribution in [3.63, 3.8) is 0 Å². The number of morpholine rings is 1. The van der Waals surface area contributed by atoms with Gasteiger partial charge in [0, 0.05) is 23.8 Å². The molecule has 4 heteroatoms. The summed E-state index contributed by atoms with van der Waals surface area (Å²) in [4.78, 5) is 2.43. The van der Waals surface area contributed by atoms with Gasteiger partial charge < -0.3 is 20.1 Å². The van der Waals surface area contributed by atoms with E-state index in [-0.39, 0.29) is 12.1 Å². The first-order chi connectivity index (χ1) is 9.58. The van der Waals surface area contributed by atoms with Gasteiger partial charge in [0.1, 0.15) is 5.75 Å². The highest BCUT2D eigenvalue weighted by Crippen LogP contribution is 2.36. The van der Waals surface area contributed by atoms with Crippen molar-refractivity contribution >= 4 is 5.69 Å². The summed E-state index contributed by atoms with van der Waals surface area (Å²) in [6, 6.07) is 6.49. The molecule has 1 aliphatic heterocycles. The first-order valence-electron chi connectivity index (χ1n) is 7.39. The molecule has 0 aromatic heterocycles. The van der Waals surface area contributed by atoms with E-state index in [1.807, 2.05) is 19.1 Å². The third kappa shape index (κ3) is 2.91. The van der Waals surface area contributed by atoms with Crippen LogP contribution in [0, 0.1) is 0 Å². The SMILES string of the molecule is CCC1COC(C)CN1c1cccc(OC)c1C(C)N. The van der Waals surface area contributed by atoms with Crippen molar-refractivity contribution in [1.82, 2.24) is 0 Å². The van der Waals surface area contributed by atoms with Gasteiger partial charge in [-0.1, -0.05) is 13.0 Å². The highest BCUT2D eigenvalue weighted by atomic mass is 16.5. The van der Waals surface area contributed by atoms with E-state index in [0.29, 0.717) is 6.04 Å². The van der Waals surface area contributed by atoms with Crippen molar-refractivity contribution in [2.75, 3.05) is 25.2 Å². The van der Waals surface area contributed by atoms with Crippen molar-refractivity contribution in [3.05, 3.63) is 23.8 Å². The van der Waals surface area contributed by atoms with Gasteiger partial charge in [0.2, 0.25) is 0 Å². The lowest BCUT2D eigenvalue weighted by molar-refractivity contribution is 0.0298. The highest BCUT2D eigenvalue weighted by Gasteiger charge is 2.28. The van der Waals surface area contributed by atoms with E-state index in [1.165, 1.54) is 5.69 Å². The number of hydrogen-bond donors (Lipinski definition) is 1. The maximum Gasteiger partial charge on any atom is 0.125 e. The van der Waals surface area contributed by atoms with E-state index >= 15 is 0 Å². The summed E-state index contributed by atoms with van der Waals surface area (Å²) in [6.07, 6.45) is 1.30. The van der Waals surface area contributed by atoms with Crippen molar-refractivity contribution in [3.8, 4) is 5.75 Å². The molecule has 2 N–H and O–H groups in total. The zero-order chi connectivity index (χ0) is 14.7. The molecule has 0 bridgehead atoms.